The van der Waals surface area contributed by atoms with Gasteiger partial charge >= 0.3 is 0 Å². The summed E-state index contributed by atoms with van der Waals surface area (Å²) in [4.78, 5) is 0. The second kappa shape index (κ2) is 6.18. The summed E-state index contributed by atoms with van der Waals surface area (Å²) in [5.41, 5.74) is 1.05. The van der Waals surface area contributed by atoms with Gasteiger partial charge in [0.25, 0.3) is 0 Å². The Morgan fingerprint density at radius 1 is 1.15 bits per heavy atom. The van der Waals surface area contributed by atoms with E-state index >= 15 is 0 Å². The fourth-order valence-corrected chi connectivity index (χ4v) is 1.97. The lowest BCUT2D eigenvalue weighted by atomic mass is 9.90. The van der Waals surface area contributed by atoms with E-state index in [4.69, 9.17) is 4.42 Å². The largest absolute Gasteiger partial charge is 0.423 e. The van der Waals surface area contributed by atoms with Crippen LogP contribution in [0.5, 0.6) is 0 Å². The molecule has 2 rings (SSSR count). The van der Waals surface area contributed by atoms with Gasteiger partial charge in [-0.25, -0.2) is 0 Å². The molecule has 0 aliphatic heterocycles. The first kappa shape index (κ1) is 14.7. The van der Waals surface area contributed by atoms with E-state index in [0.29, 0.717) is 11.8 Å². The van der Waals surface area contributed by atoms with Crippen molar-refractivity contribution in [1.82, 2.24) is 15.5 Å². The summed E-state index contributed by atoms with van der Waals surface area (Å²) in [7, 11) is 0. The SMILES string of the molecule is CCNC(c1ccccc1)c1nnc(C(C)(C)CC)o1. The molecule has 0 radical (unpaired) electrons. The minimum atomic E-state index is -0.0846. The maximum Gasteiger partial charge on any atom is 0.237 e. The molecule has 0 spiro atoms. The zero-order valence-corrected chi connectivity index (χ0v) is 12.7. The van der Waals surface area contributed by atoms with Crippen molar-refractivity contribution in [3.8, 4) is 0 Å². The van der Waals surface area contributed by atoms with Crippen molar-refractivity contribution in [2.75, 3.05) is 6.54 Å². The third-order valence-electron chi connectivity index (χ3n) is 3.69. The van der Waals surface area contributed by atoms with Crippen LogP contribution in [0.1, 0.15) is 57.5 Å². The number of hydrogen-bond acceptors (Lipinski definition) is 4. The van der Waals surface area contributed by atoms with E-state index in [9.17, 15) is 0 Å². The van der Waals surface area contributed by atoms with E-state index in [1.807, 2.05) is 18.2 Å². The molecule has 0 amide bonds. The Balaban J connectivity index is 2.32. The van der Waals surface area contributed by atoms with Crippen molar-refractivity contribution in [2.45, 2.75) is 45.6 Å². The summed E-state index contributed by atoms with van der Waals surface area (Å²) in [5.74, 6) is 1.34. The fraction of sp³-hybridized carbons (Fsp3) is 0.500. The predicted molar refractivity (Wildman–Crippen MR) is 79.6 cm³/mol. The van der Waals surface area contributed by atoms with Gasteiger partial charge in [0.2, 0.25) is 11.8 Å². The second-order valence-corrected chi connectivity index (χ2v) is 5.58. The van der Waals surface area contributed by atoms with Crippen molar-refractivity contribution >= 4 is 0 Å². The molecular formula is C16H23N3O. The van der Waals surface area contributed by atoms with Gasteiger partial charge < -0.3 is 9.73 Å². The minimum absolute atomic E-state index is 0.0462. The standard InChI is InChI=1S/C16H23N3O/c1-5-16(3,4)15-19-18-14(20-15)13(17-6-2)12-10-8-7-9-11-12/h7-11,13,17H,5-6H2,1-4H3. The van der Waals surface area contributed by atoms with Gasteiger partial charge in [-0.2, -0.15) is 0 Å². The summed E-state index contributed by atoms with van der Waals surface area (Å²) < 4.78 is 5.92. The average Bonchev–Trinajstić information content (AvgIpc) is 2.96. The van der Waals surface area contributed by atoms with Gasteiger partial charge in [-0.05, 0) is 18.5 Å². The van der Waals surface area contributed by atoms with E-state index in [1.165, 1.54) is 0 Å². The number of hydrogen-bond donors (Lipinski definition) is 1. The topological polar surface area (TPSA) is 51.0 Å². The van der Waals surface area contributed by atoms with Crippen molar-refractivity contribution in [3.63, 3.8) is 0 Å². The van der Waals surface area contributed by atoms with Gasteiger partial charge in [-0.15, -0.1) is 10.2 Å². The highest BCUT2D eigenvalue weighted by Gasteiger charge is 2.27. The van der Waals surface area contributed by atoms with E-state index in [1.54, 1.807) is 0 Å². The summed E-state index contributed by atoms with van der Waals surface area (Å²) in [5, 5.41) is 11.9. The first-order chi connectivity index (χ1) is 9.58. The second-order valence-electron chi connectivity index (χ2n) is 5.58. The minimum Gasteiger partial charge on any atom is -0.423 e. The Kier molecular flexibility index (Phi) is 4.55. The number of nitrogens with zero attached hydrogens (tertiary/aromatic N) is 2. The molecule has 1 heterocycles. The molecule has 20 heavy (non-hydrogen) atoms. The highest BCUT2D eigenvalue weighted by molar-refractivity contribution is 5.23. The molecule has 0 saturated carbocycles. The van der Waals surface area contributed by atoms with Gasteiger partial charge in [0.05, 0.1) is 0 Å². The summed E-state index contributed by atoms with van der Waals surface area (Å²) in [6, 6.07) is 10.1. The van der Waals surface area contributed by atoms with E-state index < -0.39 is 0 Å². The maximum atomic E-state index is 5.92. The Bertz CT molecular complexity index is 534. The predicted octanol–water partition coefficient (Wildman–Crippen LogP) is 3.46. The summed E-state index contributed by atoms with van der Waals surface area (Å²) in [6.45, 7) is 9.28. The Labute approximate surface area is 120 Å². The molecule has 1 unspecified atom stereocenters. The fourth-order valence-electron chi connectivity index (χ4n) is 1.97. The molecule has 0 fully saturated rings. The van der Waals surface area contributed by atoms with Crippen LogP contribution in [-0.2, 0) is 5.41 Å². The molecule has 2 aromatic rings. The van der Waals surface area contributed by atoms with Crippen LogP contribution in [0.3, 0.4) is 0 Å². The van der Waals surface area contributed by atoms with Crippen LogP contribution in [0.4, 0.5) is 0 Å². The molecule has 4 nitrogen and oxygen atoms in total. The van der Waals surface area contributed by atoms with Crippen LogP contribution < -0.4 is 5.32 Å². The number of nitrogens with one attached hydrogen (secondary N) is 1. The molecule has 0 aliphatic rings. The third kappa shape index (κ3) is 3.07. The third-order valence-corrected chi connectivity index (χ3v) is 3.69. The van der Waals surface area contributed by atoms with Crippen molar-refractivity contribution in [3.05, 3.63) is 47.7 Å². The van der Waals surface area contributed by atoms with Crippen molar-refractivity contribution in [1.29, 1.82) is 0 Å². The quantitative estimate of drug-likeness (QED) is 0.875. The highest BCUT2D eigenvalue weighted by atomic mass is 16.4. The van der Waals surface area contributed by atoms with Crippen LogP contribution in [0.2, 0.25) is 0 Å². The van der Waals surface area contributed by atoms with Crippen molar-refractivity contribution < 1.29 is 4.42 Å². The molecule has 0 saturated heterocycles. The molecular weight excluding hydrogens is 250 g/mol. The first-order valence-corrected chi connectivity index (χ1v) is 7.20. The maximum absolute atomic E-state index is 5.92. The molecule has 4 heteroatoms. The molecule has 0 bridgehead atoms. The van der Waals surface area contributed by atoms with E-state index in [-0.39, 0.29) is 11.5 Å². The van der Waals surface area contributed by atoms with Crippen LogP contribution >= 0.6 is 0 Å². The van der Waals surface area contributed by atoms with Gasteiger partial charge in [0.15, 0.2) is 0 Å². The Morgan fingerprint density at radius 3 is 2.45 bits per heavy atom. The van der Waals surface area contributed by atoms with E-state index in [2.05, 4.69) is 55.3 Å². The molecule has 1 atom stereocenters. The Hall–Kier alpha value is -1.68. The van der Waals surface area contributed by atoms with Crippen LogP contribution in [0, 0.1) is 0 Å². The Morgan fingerprint density at radius 2 is 1.85 bits per heavy atom. The lowest BCUT2D eigenvalue weighted by Gasteiger charge is -2.17. The van der Waals surface area contributed by atoms with Crippen LogP contribution in [0.25, 0.3) is 0 Å². The lowest BCUT2D eigenvalue weighted by Crippen LogP contribution is -2.22. The van der Waals surface area contributed by atoms with E-state index in [0.717, 1.165) is 18.5 Å². The number of benzene rings is 1. The van der Waals surface area contributed by atoms with Gasteiger partial charge in [0, 0.05) is 5.41 Å². The number of aromatic nitrogens is 2. The zero-order valence-electron chi connectivity index (χ0n) is 12.7. The molecule has 1 aromatic carbocycles. The molecule has 0 aliphatic carbocycles. The average molecular weight is 273 g/mol. The first-order valence-electron chi connectivity index (χ1n) is 7.20. The molecule has 1 aromatic heterocycles. The normalized spacial score (nSPS) is 13.4. The zero-order chi connectivity index (χ0) is 14.6. The smallest absolute Gasteiger partial charge is 0.237 e. The van der Waals surface area contributed by atoms with Crippen LogP contribution in [0.15, 0.2) is 34.7 Å². The van der Waals surface area contributed by atoms with Crippen molar-refractivity contribution in [2.24, 2.45) is 0 Å². The highest BCUT2D eigenvalue weighted by Crippen LogP contribution is 2.28. The van der Waals surface area contributed by atoms with Gasteiger partial charge in [-0.1, -0.05) is 58.0 Å². The number of rotatable bonds is 6. The monoisotopic (exact) mass is 273 g/mol. The lowest BCUT2D eigenvalue weighted by molar-refractivity contribution is 0.331. The van der Waals surface area contributed by atoms with Crippen LogP contribution in [-0.4, -0.2) is 16.7 Å². The summed E-state index contributed by atoms with van der Waals surface area (Å²) in [6.07, 6.45) is 0.964. The van der Waals surface area contributed by atoms with Gasteiger partial charge in [-0.3, -0.25) is 0 Å². The van der Waals surface area contributed by atoms with Gasteiger partial charge in [0.1, 0.15) is 6.04 Å². The molecule has 108 valence electrons. The molecule has 1 N–H and O–H groups in total. The summed E-state index contributed by atoms with van der Waals surface area (Å²) >= 11 is 0.